The van der Waals surface area contributed by atoms with Gasteiger partial charge >= 0.3 is 6.09 Å². The van der Waals surface area contributed by atoms with E-state index in [4.69, 9.17) is 4.74 Å². The molecule has 3 N–H and O–H groups in total. The fourth-order valence-electron chi connectivity index (χ4n) is 2.76. The Balaban J connectivity index is 1.83. The first-order valence-corrected chi connectivity index (χ1v) is 7.80. The van der Waals surface area contributed by atoms with Crippen molar-refractivity contribution in [2.45, 2.75) is 58.2 Å². The van der Waals surface area contributed by atoms with Crippen LogP contribution in [0.15, 0.2) is 18.2 Å². The summed E-state index contributed by atoms with van der Waals surface area (Å²) in [4.78, 5) is 11.6. The zero-order chi connectivity index (χ0) is 16.3. The van der Waals surface area contributed by atoms with Crippen molar-refractivity contribution in [3.63, 3.8) is 0 Å². The lowest BCUT2D eigenvalue weighted by molar-refractivity contribution is 0.0522. The quantitative estimate of drug-likeness (QED) is 0.800. The standard InChI is InChI=1S/C17H26N2O3/c1-11(10-18-16(21)22-17(2,3)4)19-14-9-8-13-12(14)6-5-7-15(13)20/h5-7,11,14,19-20H,8-10H2,1-4H3,(H,18,21). The molecular weight excluding hydrogens is 280 g/mol. The van der Waals surface area contributed by atoms with Crippen LogP contribution in [0.5, 0.6) is 5.75 Å². The summed E-state index contributed by atoms with van der Waals surface area (Å²) in [5.74, 6) is 0.376. The van der Waals surface area contributed by atoms with Crippen LogP contribution in [-0.4, -0.2) is 29.4 Å². The third-order valence-corrected chi connectivity index (χ3v) is 3.68. The zero-order valence-electron chi connectivity index (χ0n) is 13.8. The van der Waals surface area contributed by atoms with Crippen molar-refractivity contribution in [2.75, 3.05) is 6.54 Å². The van der Waals surface area contributed by atoms with Gasteiger partial charge in [0.05, 0.1) is 0 Å². The summed E-state index contributed by atoms with van der Waals surface area (Å²) in [5, 5.41) is 16.1. The largest absolute Gasteiger partial charge is 0.508 e. The fraction of sp³-hybridized carbons (Fsp3) is 0.588. The molecule has 1 aromatic carbocycles. The predicted octanol–water partition coefficient (Wildman–Crippen LogP) is 2.88. The van der Waals surface area contributed by atoms with E-state index in [0.29, 0.717) is 12.3 Å². The van der Waals surface area contributed by atoms with Crippen LogP contribution >= 0.6 is 0 Å². The smallest absolute Gasteiger partial charge is 0.407 e. The number of phenols is 1. The number of aromatic hydroxyl groups is 1. The Morgan fingerprint density at radius 2 is 2.18 bits per heavy atom. The first-order valence-electron chi connectivity index (χ1n) is 7.80. The van der Waals surface area contributed by atoms with Gasteiger partial charge in [0, 0.05) is 18.6 Å². The molecule has 0 radical (unpaired) electrons. The van der Waals surface area contributed by atoms with E-state index < -0.39 is 11.7 Å². The average molecular weight is 306 g/mol. The minimum atomic E-state index is -0.483. The van der Waals surface area contributed by atoms with Gasteiger partial charge in [-0.3, -0.25) is 0 Å². The molecule has 2 atom stereocenters. The van der Waals surface area contributed by atoms with E-state index in [-0.39, 0.29) is 12.1 Å². The molecule has 1 aliphatic rings. The molecule has 0 aromatic heterocycles. The van der Waals surface area contributed by atoms with Crippen LogP contribution in [0.25, 0.3) is 0 Å². The van der Waals surface area contributed by atoms with Crippen LogP contribution in [0.2, 0.25) is 0 Å². The van der Waals surface area contributed by atoms with Gasteiger partial charge < -0.3 is 20.5 Å². The van der Waals surface area contributed by atoms with E-state index in [0.717, 1.165) is 24.0 Å². The molecule has 22 heavy (non-hydrogen) atoms. The molecule has 2 rings (SSSR count). The van der Waals surface area contributed by atoms with Crippen LogP contribution in [0.1, 0.15) is 51.3 Å². The van der Waals surface area contributed by atoms with Crippen LogP contribution in [0.4, 0.5) is 4.79 Å². The summed E-state index contributed by atoms with van der Waals surface area (Å²) < 4.78 is 5.22. The van der Waals surface area contributed by atoms with Crippen LogP contribution in [-0.2, 0) is 11.2 Å². The molecule has 5 heteroatoms. The molecule has 122 valence electrons. The van der Waals surface area contributed by atoms with Crippen LogP contribution in [0, 0.1) is 0 Å². The van der Waals surface area contributed by atoms with Crippen molar-refractivity contribution >= 4 is 6.09 Å². The lowest BCUT2D eigenvalue weighted by Crippen LogP contribution is -2.42. The second kappa shape index (κ2) is 6.57. The molecule has 1 amide bonds. The highest BCUT2D eigenvalue weighted by molar-refractivity contribution is 5.67. The third-order valence-electron chi connectivity index (χ3n) is 3.68. The number of phenolic OH excluding ortho intramolecular Hbond substituents is 1. The monoisotopic (exact) mass is 306 g/mol. The molecule has 0 aliphatic heterocycles. The minimum Gasteiger partial charge on any atom is -0.508 e. The van der Waals surface area contributed by atoms with Gasteiger partial charge in [-0.1, -0.05) is 12.1 Å². The number of fused-ring (bicyclic) bond motifs is 1. The molecule has 2 unspecified atom stereocenters. The Bertz CT molecular complexity index is 537. The Morgan fingerprint density at radius 1 is 1.45 bits per heavy atom. The van der Waals surface area contributed by atoms with E-state index in [1.165, 1.54) is 0 Å². The second-order valence-electron chi connectivity index (χ2n) is 6.89. The van der Waals surface area contributed by atoms with E-state index in [1.54, 1.807) is 6.07 Å². The van der Waals surface area contributed by atoms with Gasteiger partial charge in [0.1, 0.15) is 11.4 Å². The Morgan fingerprint density at radius 3 is 2.86 bits per heavy atom. The van der Waals surface area contributed by atoms with Crippen molar-refractivity contribution < 1.29 is 14.6 Å². The first kappa shape index (κ1) is 16.6. The highest BCUT2D eigenvalue weighted by atomic mass is 16.6. The molecule has 0 spiro atoms. The number of hydrogen-bond acceptors (Lipinski definition) is 4. The van der Waals surface area contributed by atoms with E-state index in [2.05, 4.69) is 10.6 Å². The Labute approximate surface area is 132 Å². The number of hydrogen-bond donors (Lipinski definition) is 3. The van der Waals surface area contributed by atoms with E-state index >= 15 is 0 Å². The number of carbonyl (C=O) groups excluding carboxylic acids is 1. The van der Waals surface area contributed by atoms with Gasteiger partial charge in [0.2, 0.25) is 0 Å². The molecule has 1 aliphatic carbocycles. The number of alkyl carbamates (subject to hydrolysis) is 1. The first-order chi connectivity index (χ1) is 10.3. The van der Waals surface area contributed by atoms with Crippen molar-refractivity contribution in [1.82, 2.24) is 10.6 Å². The maximum atomic E-state index is 11.6. The van der Waals surface area contributed by atoms with Gasteiger partial charge in [0.25, 0.3) is 0 Å². The molecule has 1 aromatic rings. The molecule has 0 bridgehead atoms. The van der Waals surface area contributed by atoms with E-state index in [9.17, 15) is 9.90 Å². The summed E-state index contributed by atoms with van der Waals surface area (Å²) in [6, 6.07) is 5.99. The normalized spacial score (nSPS) is 18.6. The van der Waals surface area contributed by atoms with Crippen molar-refractivity contribution in [3.8, 4) is 5.75 Å². The van der Waals surface area contributed by atoms with Gasteiger partial charge in [-0.15, -0.1) is 0 Å². The third kappa shape index (κ3) is 4.37. The number of amides is 1. The summed E-state index contributed by atoms with van der Waals surface area (Å²) in [6.07, 6.45) is 1.45. The van der Waals surface area contributed by atoms with Gasteiger partial charge in [-0.05, 0) is 57.7 Å². The highest BCUT2D eigenvalue weighted by Gasteiger charge is 2.25. The lowest BCUT2D eigenvalue weighted by Gasteiger charge is -2.23. The summed E-state index contributed by atoms with van der Waals surface area (Å²) in [6.45, 7) is 8.06. The minimum absolute atomic E-state index is 0.116. The summed E-state index contributed by atoms with van der Waals surface area (Å²) in [5.41, 5.74) is 1.71. The molecule has 0 fully saturated rings. The lowest BCUT2D eigenvalue weighted by atomic mass is 10.1. The van der Waals surface area contributed by atoms with Crippen LogP contribution in [0.3, 0.4) is 0 Å². The number of ether oxygens (including phenoxy) is 1. The van der Waals surface area contributed by atoms with Crippen molar-refractivity contribution in [3.05, 3.63) is 29.3 Å². The zero-order valence-corrected chi connectivity index (χ0v) is 13.8. The Kier molecular flexibility index (Phi) is 4.96. The highest BCUT2D eigenvalue weighted by Crippen LogP contribution is 2.36. The van der Waals surface area contributed by atoms with E-state index in [1.807, 2.05) is 39.8 Å². The van der Waals surface area contributed by atoms with Gasteiger partial charge in [-0.2, -0.15) is 0 Å². The van der Waals surface area contributed by atoms with Crippen molar-refractivity contribution in [2.24, 2.45) is 0 Å². The van der Waals surface area contributed by atoms with Gasteiger partial charge in [0.15, 0.2) is 0 Å². The maximum absolute atomic E-state index is 11.6. The maximum Gasteiger partial charge on any atom is 0.407 e. The molecule has 5 nitrogen and oxygen atoms in total. The molecule has 0 saturated heterocycles. The number of rotatable bonds is 4. The van der Waals surface area contributed by atoms with Gasteiger partial charge in [-0.25, -0.2) is 4.79 Å². The molecule has 0 saturated carbocycles. The summed E-state index contributed by atoms with van der Waals surface area (Å²) in [7, 11) is 0. The summed E-state index contributed by atoms with van der Waals surface area (Å²) >= 11 is 0. The fourth-order valence-corrected chi connectivity index (χ4v) is 2.76. The topological polar surface area (TPSA) is 70.6 Å². The van der Waals surface area contributed by atoms with Crippen molar-refractivity contribution in [1.29, 1.82) is 0 Å². The average Bonchev–Trinajstić information content (AvgIpc) is 2.79. The van der Waals surface area contributed by atoms with Crippen LogP contribution < -0.4 is 10.6 Å². The second-order valence-corrected chi connectivity index (χ2v) is 6.89. The number of nitrogens with one attached hydrogen (secondary N) is 2. The number of carbonyl (C=O) groups is 1. The Hall–Kier alpha value is -1.75. The number of benzene rings is 1. The predicted molar refractivity (Wildman–Crippen MR) is 86.0 cm³/mol. The SMILES string of the molecule is CC(CNC(=O)OC(C)(C)C)NC1CCc2c(O)cccc21. The molecule has 0 heterocycles. The molecular formula is C17H26N2O3.